The summed E-state index contributed by atoms with van der Waals surface area (Å²) in [5.74, 6) is 0.277. The van der Waals surface area contributed by atoms with E-state index in [0.717, 1.165) is 24.9 Å². The van der Waals surface area contributed by atoms with Gasteiger partial charge in [0.15, 0.2) is 5.78 Å². The van der Waals surface area contributed by atoms with Gasteiger partial charge in [-0.05, 0) is 42.4 Å². The second kappa shape index (κ2) is 5.16. The van der Waals surface area contributed by atoms with Crippen LogP contribution in [0.1, 0.15) is 36.0 Å². The van der Waals surface area contributed by atoms with Crippen molar-refractivity contribution in [3.05, 3.63) is 34.9 Å². The van der Waals surface area contributed by atoms with E-state index in [2.05, 4.69) is 18.2 Å². The number of amides is 1. The number of aryl methyl sites for hydroxylation is 2. The largest absolute Gasteiger partial charge is 0.335 e. The van der Waals surface area contributed by atoms with Crippen LogP contribution >= 0.6 is 0 Å². The highest BCUT2D eigenvalue weighted by atomic mass is 16.2. The molecule has 3 heteroatoms. The van der Waals surface area contributed by atoms with Crippen molar-refractivity contribution in [2.45, 2.75) is 38.5 Å². The Morgan fingerprint density at radius 3 is 2.79 bits per heavy atom. The molecule has 1 aliphatic carbocycles. The normalized spacial score (nSPS) is 18.5. The molecule has 0 bridgehead atoms. The molecule has 1 amide bonds. The van der Waals surface area contributed by atoms with Crippen molar-refractivity contribution < 1.29 is 9.59 Å². The molecule has 0 N–H and O–H groups in total. The maximum atomic E-state index is 12.2. The number of nitrogens with zero attached hydrogens (tertiary/aromatic N) is 1. The molecule has 0 atom stereocenters. The minimum atomic E-state index is 0.0889. The molecule has 0 saturated carbocycles. The van der Waals surface area contributed by atoms with E-state index in [1.165, 1.54) is 24.0 Å². The molecular weight excluding hydrogens is 238 g/mol. The first kappa shape index (κ1) is 12.4. The van der Waals surface area contributed by atoms with Crippen molar-refractivity contribution in [1.82, 2.24) is 4.90 Å². The van der Waals surface area contributed by atoms with Gasteiger partial charge in [-0.25, -0.2) is 0 Å². The lowest BCUT2D eigenvalue weighted by molar-refractivity contribution is -0.137. The van der Waals surface area contributed by atoms with E-state index in [4.69, 9.17) is 0 Å². The maximum Gasteiger partial charge on any atom is 0.227 e. The smallest absolute Gasteiger partial charge is 0.227 e. The van der Waals surface area contributed by atoms with Crippen molar-refractivity contribution in [3.8, 4) is 0 Å². The summed E-state index contributed by atoms with van der Waals surface area (Å²) in [5, 5.41) is 0. The zero-order valence-corrected chi connectivity index (χ0v) is 11.2. The zero-order chi connectivity index (χ0) is 13.2. The number of Topliss-reactive ketones (excluding diaryl/α,β-unsaturated/α-hetero) is 1. The monoisotopic (exact) mass is 257 g/mol. The second-order valence-electron chi connectivity index (χ2n) is 5.59. The van der Waals surface area contributed by atoms with Crippen LogP contribution in [-0.4, -0.2) is 29.7 Å². The summed E-state index contributed by atoms with van der Waals surface area (Å²) in [5.41, 5.74) is 3.92. The van der Waals surface area contributed by atoms with E-state index in [0.29, 0.717) is 19.4 Å². The van der Waals surface area contributed by atoms with Gasteiger partial charge in [-0.3, -0.25) is 9.59 Å². The quantitative estimate of drug-likeness (QED) is 0.811. The molecule has 1 heterocycles. The predicted octanol–water partition coefficient (Wildman–Crippen LogP) is 1.91. The highest BCUT2D eigenvalue weighted by Gasteiger charge is 2.21. The van der Waals surface area contributed by atoms with Crippen LogP contribution in [0.25, 0.3) is 0 Å². The number of hydrogen-bond donors (Lipinski definition) is 0. The third-order valence-electron chi connectivity index (χ3n) is 4.12. The summed E-state index contributed by atoms with van der Waals surface area (Å²) < 4.78 is 0. The number of rotatable bonds is 2. The zero-order valence-electron chi connectivity index (χ0n) is 11.2. The summed E-state index contributed by atoms with van der Waals surface area (Å²) >= 11 is 0. The van der Waals surface area contributed by atoms with Crippen LogP contribution in [0.15, 0.2) is 18.2 Å². The van der Waals surface area contributed by atoms with Gasteiger partial charge in [0.25, 0.3) is 0 Å². The topological polar surface area (TPSA) is 37.4 Å². The van der Waals surface area contributed by atoms with Gasteiger partial charge in [0.2, 0.25) is 5.91 Å². The Morgan fingerprint density at radius 2 is 1.95 bits per heavy atom. The van der Waals surface area contributed by atoms with Crippen molar-refractivity contribution >= 4 is 11.7 Å². The summed E-state index contributed by atoms with van der Waals surface area (Å²) in [4.78, 5) is 25.3. The number of piperidine rings is 1. The fraction of sp³-hybridized carbons (Fsp3) is 0.500. The lowest BCUT2D eigenvalue weighted by Gasteiger charge is -2.25. The van der Waals surface area contributed by atoms with Gasteiger partial charge in [-0.15, -0.1) is 0 Å². The lowest BCUT2D eigenvalue weighted by atomic mass is 10.0. The average Bonchev–Trinajstić information content (AvgIpc) is 2.86. The number of hydrogen-bond acceptors (Lipinski definition) is 2. The van der Waals surface area contributed by atoms with Gasteiger partial charge < -0.3 is 4.90 Å². The number of ketones is 1. The molecule has 1 fully saturated rings. The molecular formula is C16H19NO2. The fourth-order valence-electron chi connectivity index (χ4n) is 3.07. The summed E-state index contributed by atoms with van der Waals surface area (Å²) in [6.45, 7) is 1.04. The molecule has 1 aromatic rings. The molecule has 100 valence electrons. The molecule has 3 nitrogen and oxygen atoms in total. The van der Waals surface area contributed by atoms with E-state index >= 15 is 0 Å². The Morgan fingerprint density at radius 1 is 1.11 bits per heavy atom. The Balaban J connectivity index is 1.67. The van der Waals surface area contributed by atoms with Crippen LogP contribution in [0.2, 0.25) is 0 Å². The van der Waals surface area contributed by atoms with Crippen LogP contribution in [0, 0.1) is 0 Å². The Labute approximate surface area is 113 Å². The molecule has 2 aliphatic rings. The molecule has 19 heavy (non-hydrogen) atoms. The van der Waals surface area contributed by atoms with Gasteiger partial charge in [-0.1, -0.05) is 18.2 Å². The Bertz CT molecular complexity index is 521. The van der Waals surface area contributed by atoms with Crippen molar-refractivity contribution in [1.29, 1.82) is 0 Å². The van der Waals surface area contributed by atoms with Gasteiger partial charge in [0.1, 0.15) is 0 Å². The highest BCUT2D eigenvalue weighted by molar-refractivity contribution is 5.88. The van der Waals surface area contributed by atoms with Crippen molar-refractivity contribution in [2.24, 2.45) is 0 Å². The van der Waals surface area contributed by atoms with Gasteiger partial charge in [0, 0.05) is 13.0 Å². The van der Waals surface area contributed by atoms with Crippen LogP contribution in [0.4, 0.5) is 0 Å². The van der Waals surface area contributed by atoms with Gasteiger partial charge >= 0.3 is 0 Å². The highest BCUT2D eigenvalue weighted by Crippen LogP contribution is 2.23. The molecule has 0 aromatic heterocycles. The van der Waals surface area contributed by atoms with E-state index < -0.39 is 0 Å². The number of carbonyl (C=O) groups is 2. The van der Waals surface area contributed by atoms with Gasteiger partial charge in [0.05, 0.1) is 13.0 Å². The molecule has 1 aromatic carbocycles. The minimum absolute atomic E-state index is 0.0889. The molecule has 1 aliphatic heterocycles. The van der Waals surface area contributed by atoms with Crippen LogP contribution in [0.3, 0.4) is 0 Å². The maximum absolute atomic E-state index is 12.2. The SMILES string of the molecule is O=C1CCCN(C(=O)Cc2ccc3c(c2)CCC3)C1. The third kappa shape index (κ3) is 2.70. The molecule has 0 unspecified atom stereocenters. The summed E-state index contributed by atoms with van der Waals surface area (Å²) in [7, 11) is 0. The van der Waals surface area contributed by atoms with Gasteiger partial charge in [-0.2, -0.15) is 0 Å². The minimum Gasteiger partial charge on any atom is -0.335 e. The Hall–Kier alpha value is -1.64. The van der Waals surface area contributed by atoms with Crippen molar-refractivity contribution in [2.75, 3.05) is 13.1 Å². The number of fused-ring (bicyclic) bond motifs is 1. The van der Waals surface area contributed by atoms with E-state index in [1.54, 1.807) is 4.90 Å². The first-order chi connectivity index (χ1) is 9.22. The molecule has 0 radical (unpaired) electrons. The first-order valence-electron chi connectivity index (χ1n) is 7.12. The summed E-state index contributed by atoms with van der Waals surface area (Å²) in [6.07, 6.45) is 5.41. The molecule has 3 rings (SSSR count). The van der Waals surface area contributed by atoms with Crippen LogP contribution in [0.5, 0.6) is 0 Å². The first-order valence-corrected chi connectivity index (χ1v) is 7.12. The number of benzene rings is 1. The number of likely N-dealkylation sites (tertiary alicyclic amines) is 1. The summed E-state index contributed by atoms with van der Waals surface area (Å²) in [6, 6.07) is 6.39. The second-order valence-corrected chi connectivity index (χ2v) is 5.59. The lowest BCUT2D eigenvalue weighted by Crippen LogP contribution is -2.40. The van der Waals surface area contributed by atoms with Crippen LogP contribution < -0.4 is 0 Å². The van der Waals surface area contributed by atoms with Crippen LogP contribution in [-0.2, 0) is 28.9 Å². The van der Waals surface area contributed by atoms with E-state index in [1.807, 2.05) is 0 Å². The predicted molar refractivity (Wildman–Crippen MR) is 73.0 cm³/mol. The number of carbonyl (C=O) groups excluding carboxylic acids is 2. The van der Waals surface area contributed by atoms with E-state index in [-0.39, 0.29) is 11.7 Å². The fourth-order valence-corrected chi connectivity index (χ4v) is 3.07. The van der Waals surface area contributed by atoms with Crippen molar-refractivity contribution in [3.63, 3.8) is 0 Å². The van der Waals surface area contributed by atoms with E-state index in [9.17, 15) is 9.59 Å². The Kier molecular flexibility index (Phi) is 3.36. The molecule has 1 saturated heterocycles. The average molecular weight is 257 g/mol. The standard InChI is InChI=1S/C16H19NO2/c18-15-5-2-8-17(11-15)16(19)10-12-6-7-13-3-1-4-14(13)9-12/h6-7,9H,1-5,8,10-11H2. The molecule has 0 spiro atoms. The third-order valence-corrected chi connectivity index (χ3v) is 4.12.